The number of hydrogen-bond donors (Lipinski definition) is 0. The lowest BCUT2D eigenvalue weighted by Crippen LogP contribution is -2.21. The summed E-state index contributed by atoms with van der Waals surface area (Å²) >= 11 is 10.4. The monoisotopic (exact) mass is 443 g/mol. The second kappa shape index (κ2) is 13.9. The zero-order valence-electron chi connectivity index (χ0n) is 15.3. The van der Waals surface area contributed by atoms with Gasteiger partial charge < -0.3 is 28.0 Å². The van der Waals surface area contributed by atoms with Crippen molar-refractivity contribution in [2.24, 2.45) is 0 Å². The van der Waals surface area contributed by atoms with Gasteiger partial charge >= 0.3 is 13.4 Å². The van der Waals surface area contributed by atoms with E-state index in [1.807, 2.05) is 27.7 Å². The Hall–Kier alpha value is -0.210. The molecule has 0 saturated carbocycles. The smallest absolute Gasteiger partial charge is 0.334 e. The molecule has 0 aliphatic heterocycles. The van der Waals surface area contributed by atoms with Crippen LogP contribution in [0.1, 0.15) is 38.1 Å². The van der Waals surface area contributed by atoms with E-state index in [9.17, 15) is 9.90 Å². The zero-order chi connectivity index (χ0) is 20.1. The largest absolute Gasteiger partial charge is 0.545 e. The Labute approximate surface area is 165 Å². The predicted octanol–water partition coefficient (Wildman–Crippen LogP) is 3.65. The molecular formula is C15H25O7P2S2-. The van der Waals surface area contributed by atoms with E-state index >= 15 is 0 Å². The van der Waals surface area contributed by atoms with Crippen LogP contribution in [-0.4, -0.2) is 32.4 Å². The number of hydrogen-bond acceptors (Lipinski definition) is 9. The van der Waals surface area contributed by atoms with Gasteiger partial charge in [0, 0.05) is 0 Å². The van der Waals surface area contributed by atoms with Gasteiger partial charge in [-0.05, 0) is 56.9 Å². The molecule has 0 aliphatic rings. The molecule has 0 aliphatic carbocycles. The Kier molecular flexibility index (Phi) is 13.8. The molecule has 150 valence electrons. The minimum Gasteiger partial charge on any atom is -0.545 e. The van der Waals surface area contributed by atoms with Gasteiger partial charge in [0.15, 0.2) is 0 Å². The van der Waals surface area contributed by atoms with Gasteiger partial charge in [0.25, 0.3) is 0 Å². The molecule has 0 aromatic heterocycles. The van der Waals surface area contributed by atoms with Crippen LogP contribution in [-0.2, 0) is 46.0 Å². The average Bonchev–Trinajstić information content (AvgIpc) is 2.56. The summed E-state index contributed by atoms with van der Waals surface area (Å²) in [5, 5.41) is 10.1. The van der Waals surface area contributed by atoms with Gasteiger partial charge in [-0.25, -0.2) is 4.31 Å². The van der Waals surface area contributed by atoms with Gasteiger partial charge in [-0.15, -0.1) is 0 Å². The molecule has 0 amide bonds. The lowest BCUT2D eigenvalue weighted by Gasteiger charge is -2.27. The van der Waals surface area contributed by atoms with Crippen LogP contribution >= 0.6 is 13.4 Å². The Balaban J connectivity index is 0.000000577. The summed E-state index contributed by atoms with van der Waals surface area (Å²) in [5.74, 6) is -1.13. The third-order valence-corrected chi connectivity index (χ3v) is 8.72. The minimum absolute atomic E-state index is 0.220. The van der Waals surface area contributed by atoms with Crippen LogP contribution in [0.3, 0.4) is 0 Å². The predicted molar refractivity (Wildman–Crippen MR) is 107 cm³/mol. The summed E-state index contributed by atoms with van der Waals surface area (Å²) in [5.41, 5.74) is 0.220. The van der Waals surface area contributed by atoms with Crippen LogP contribution in [0, 0.1) is 0 Å². The second-order valence-corrected chi connectivity index (χ2v) is 10.5. The second-order valence-electron chi connectivity index (χ2n) is 4.30. The summed E-state index contributed by atoms with van der Waals surface area (Å²) in [4.78, 5) is 10.1. The molecule has 0 atom stereocenters. The number of rotatable bonds is 11. The van der Waals surface area contributed by atoms with Crippen LogP contribution < -0.4 is 5.11 Å². The third-order valence-electron chi connectivity index (χ3n) is 2.36. The van der Waals surface area contributed by atoms with Gasteiger partial charge in [-0.1, -0.05) is 30.3 Å². The maximum Gasteiger partial charge on any atom is 0.334 e. The maximum atomic E-state index is 10.1. The molecule has 0 bridgehead atoms. The highest BCUT2D eigenvalue weighted by molar-refractivity contribution is 8.14. The van der Waals surface area contributed by atoms with Crippen molar-refractivity contribution in [1.29, 1.82) is 0 Å². The summed E-state index contributed by atoms with van der Waals surface area (Å²) in [6.07, 6.45) is 0. The zero-order valence-corrected chi connectivity index (χ0v) is 18.7. The van der Waals surface area contributed by atoms with Crippen molar-refractivity contribution in [2.45, 2.75) is 27.7 Å². The van der Waals surface area contributed by atoms with E-state index in [0.29, 0.717) is 26.4 Å². The number of carbonyl (C=O) groups is 1. The van der Waals surface area contributed by atoms with E-state index in [4.69, 9.17) is 46.0 Å². The lowest BCUT2D eigenvalue weighted by molar-refractivity contribution is -0.255. The molecule has 0 fully saturated rings. The van der Waals surface area contributed by atoms with Crippen LogP contribution in [0.15, 0.2) is 30.3 Å². The minimum atomic E-state index is -2.87. The molecule has 0 unspecified atom stereocenters. The highest BCUT2D eigenvalue weighted by atomic mass is 32.5. The number of carbonyl (C=O) groups excluding carboxylic acids is 1. The van der Waals surface area contributed by atoms with E-state index < -0.39 is 19.4 Å². The Bertz CT molecular complexity index is 565. The first-order valence-corrected chi connectivity index (χ1v) is 13.1. The van der Waals surface area contributed by atoms with Gasteiger partial charge in [0.05, 0.1) is 32.4 Å². The van der Waals surface area contributed by atoms with Gasteiger partial charge in [-0.3, -0.25) is 0 Å². The van der Waals surface area contributed by atoms with Crippen LogP contribution in [0.2, 0.25) is 0 Å². The Morgan fingerprint density at radius 1 is 0.846 bits per heavy atom. The molecule has 0 radical (unpaired) electrons. The van der Waals surface area contributed by atoms with Crippen molar-refractivity contribution in [2.75, 3.05) is 26.4 Å². The molecule has 1 aromatic carbocycles. The molecule has 0 N–H and O–H groups in total. The molecule has 1 rings (SSSR count). The molecule has 11 heteroatoms. The topological polar surface area (TPSA) is 86.3 Å². The van der Waals surface area contributed by atoms with Crippen molar-refractivity contribution in [3.8, 4) is 0 Å². The fourth-order valence-corrected chi connectivity index (χ4v) is 7.87. The van der Waals surface area contributed by atoms with Crippen molar-refractivity contribution in [3.05, 3.63) is 35.9 Å². The summed E-state index contributed by atoms with van der Waals surface area (Å²) in [6.45, 7) is 3.09. The SMILES string of the molecule is CCOP(=S)(OCC)OP(=S)(OCC)OCC.O=C([O-])c1ccccc1. The Morgan fingerprint density at radius 2 is 1.19 bits per heavy atom. The summed E-state index contributed by atoms with van der Waals surface area (Å²) < 4.78 is 26.9. The number of carboxylic acids is 1. The highest BCUT2D eigenvalue weighted by Crippen LogP contribution is 2.66. The average molecular weight is 443 g/mol. The molecule has 0 saturated heterocycles. The van der Waals surface area contributed by atoms with Crippen LogP contribution in [0.4, 0.5) is 0 Å². The maximum absolute atomic E-state index is 10.1. The fraction of sp³-hybridized carbons (Fsp3) is 0.533. The molecule has 1 aromatic rings. The molecule has 0 spiro atoms. The third kappa shape index (κ3) is 10.8. The van der Waals surface area contributed by atoms with E-state index in [1.54, 1.807) is 18.2 Å². The van der Waals surface area contributed by atoms with Crippen molar-refractivity contribution < 1.29 is 32.3 Å². The number of benzene rings is 1. The van der Waals surface area contributed by atoms with Crippen LogP contribution in [0.5, 0.6) is 0 Å². The van der Waals surface area contributed by atoms with E-state index in [0.717, 1.165) is 0 Å². The standard InChI is InChI=1S/C8H20O5P2S2.C7H6O2/c1-5-9-14(16,10-6-2)13-15(17,11-7-3)12-8-4;8-7(9)6-4-2-1-3-5-6/h5-8H2,1-4H3;1-5H,(H,8,9)/p-1. The first-order valence-electron chi connectivity index (χ1n) is 8.01. The van der Waals surface area contributed by atoms with Gasteiger partial charge in [0.2, 0.25) is 0 Å². The summed E-state index contributed by atoms with van der Waals surface area (Å²) in [7, 11) is 0. The highest BCUT2D eigenvalue weighted by Gasteiger charge is 2.31. The lowest BCUT2D eigenvalue weighted by atomic mass is 10.2. The normalized spacial score (nSPS) is 11.5. The summed E-state index contributed by atoms with van der Waals surface area (Å²) in [6, 6.07) is 8.06. The molecular weight excluding hydrogens is 418 g/mol. The first-order chi connectivity index (χ1) is 12.3. The van der Waals surface area contributed by atoms with Crippen molar-refractivity contribution >= 4 is 43.0 Å². The van der Waals surface area contributed by atoms with Crippen molar-refractivity contribution in [1.82, 2.24) is 0 Å². The van der Waals surface area contributed by atoms with Crippen molar-refractivity contribution in [3.63, 3.8) is 0 Å². The molecule has 26 heavy (non-hydrogen) atoms. The number of carboxylic acid groups (broad SMARTS) is 1. The Morgan fingerprint density at radius 3 is 1.42 bits per heavy atom. The van der Waals surface area contributed by atoms with Gasteiger partial charge in [-0.2, -0.15) is 0 Å². The van der Waals surface area contributed by atoms with Crippen LogP contribution in [0.25, 0.3) is 0 Å². The number of aromatic carboxylic acids is 1. The fourth-order valence-electron chi connectivity index (χ4n) is 1.50. The van der Waals surface area contributed by atoms with E-state index in [1.165, 1.54) is 12.1 Å². The molecule has 0 heterocycles. The van der Waals surface area contributed by atoms with E-state index in [-0.39, 0.29) is 5.56 Å². The van der Waals surface area contributed by atoms with E-state index in [2.05, 4.69) is 0 Å². The van der Waals surface area contributed by atoms with Gasteiger partial charge in [0.1, 0.15) is 0 Å². The quantitative estimate of drug-likeness (QED) is 0.476. The first kappa shape index (κ1) is 25.8. The molecule has 7 nitrogen and oxygen atoms in total.